The van der Waals surface area contributed by atoms with Gasteiger partial charge in [-0.2, -0.15) is 4.31 Å². The highest BCUT2D eigenvalue weighted by Gasteiger charge is 2.27. The molecular formula is C20H25N3O4S2. The minimum atomic E-state index is -3.67. The van der Waals surface area contributed by atoms with Gasteiger partial charge in [0.15, 0.2) is 0 Å². The highest BCUT2D eigenvalue weighted by molar-refractivity contribution is 7.98. The highest BCUT2D eigenvalue weighted by atomic mass is 32.2. The Labute approximate surface area is 175 Å². The third-order valence-corrected chi connectivity index (χ3v) is 7.38. The normalized spacial score (nSPS) is 15.5. The molecule has 0 radical (unpaired) electrons. The number of nitrogens with zero attached hydrogens (tertiary/aromatic N) is 2. The Hall–Kier alpha value is -2.10. The number of amides is 1. The van der Waals surface area contributed by atoms with E-state index >= 15 is 0 Å². The van der Waals surface area contributed by atoms with Gasteiger partial charge in [0.25, 0.3) is 5.91 Å². The Morgan fingerprint density at radius 2 is 1.86 bits per heavy atom. The number of methoxy groups -OCH3 is 1. The van der Waals surface area contributed by atoms with E-state index in [4.69, 9.17) is 4.74 Å². The maximum atomic E-state index is 13.1. The average Bonchev–Trinajstić information content (AvgIpc) is 3.04. The molecule has 0 atom stereocenters. The predicted molar refractivity (Wildman–Crippen MR) is 114 cm³/mol. The SMILES string of the molecule is COc1ccc(S(=O)(=O)N2CCCCCC2)cc1C(=O)Nc1ccc(SC)nc1. The Morgan fingerprint density at radius 3 is 2.45 bits per heavy atom. The molecule has 2 heterocycles. The largest absolute Gasteiger partial charge is 0.496 e. The number of ether oxygens (including phenoxy) is 1. The van der Waals surface area contributed by atoms with Crippen LogP contribution in [0.5, 0.6) is 5.75 Å². The van der Waals surface area contributed by atoms with Crippen molar-refractivity contribution in [3.63, 3.8) is 0 Å². The van der Waals surface area contributed by atoms with Gasteiger partial charge in [-0.15, -0.1) is 11.8 Å². The molecule has 1 aliphatic heterocycles. The summed E-state index contributed by atoms with van der Waals surface area (Å²) in [5.41, 5.74) is 0.688. The number of carbonyl (C=O) groups is 1. The molecule has 1 fully saturated rings. The van der Waals surface area contributed by atoms with Crippen molar-refractivity contribution in [1.29, 1.82) is 0 Å². The number of rotatable bonds is 6. The summed E-state index contributed by atoms with van der Waals surface area (Å²) < 4.78 is 33.0. The fourth-order valence-electron chi connectivity index (χ4n) is 3.23. The van der Waals surface area contributed by atoms with Gasteiger partial charge < -0.3 is 10.1 Å². The molecule has 156 valence electrons. The molecule has 9 heteroatoms. The van der Waals surface area contributed by atoms with Crippen LogP contribution in [-0.4, -0.2) is 50.1 Å². The Kier molecular flexibility index (Phi) is 7.15. The number of thioether (sulfide) groups is 1. The van der Waals surface area contributed by atoms with Gasteiger partial charge in [-0.1, -0.05) is 12.8 Å². The van der Waals surface area contributed by atoms with Gasteiger partial charge in [0.05, 0.1) is 34.5 Å². The molecule has 29 heavy (non-hydrogen) atoms. The second-order valence-electron chi connectivity index (χ2n) is 6.72. The van der Waals surface area contributed by atoms with Crippen molar-refractivity contribution in [3.05, 3.63) is 42.1 Å². The summed E-state index contributed by atoms with van der Waals surface area (Å²) in [5, 5.41) is 3.59. The van der Waals surface area contributed by atoms with E-state index in [1.54, 1.807) is 18.3 Å². The van der Waals surface area contributed by atoms with E-state index in [1.807, 2.05) is 6.26 Å². The Balaban J connectivity index is 1.88. The summed E-state index contributed by atoms with van der Waals surface area (Å²) in [6.45, 7) is 1.01. The third-order valence-electron chi connectivity index (χ3n) is 4.82. The van der Waals surface area contributed by atoms with Gasteiger partial charge in [-0.3, -0.25) is 4.79 Å². The lowest BCUT2D eigenvalue weighted by atomic mass is 10.2. The van der Waals surface area contributed by atoms with Crippen LogP contribution in [0.4, 0.5) is 5.69 Å². The molecule has 0 saturated carbocycles. The summed E-state index contributed by atoms with van der Waals surface area (Å²) in [4.78, 5) is 17.2. The topological polar surface area (TPSA) is 88.6 Å². The lowest BCUT2D eigenvalue weighted by Crippen LogP contribution is -2.32. The van der Waals surface area contributed by atoms with E-state index in [-0.39, 0.29) is 10.5 Å². The van der Waals surface area contributed by atoms with Gasteiger partial charge in [0.1, 0.15) is 5.75 Å². The van der Waals surface area contributed by atoms with E-state index in [2.05, 4.69) is 10.3 Å². The van der Waals surface area contributed by atoms with Crippen LogP contribution >= 0.6 is 11.8 Å². The van der Waals surface area contributed by atoms with Crippen LogP contribution in [0.15, 0.2) is 46.5 Å². The molecule has 7 nitrogen and oxygen atoms in total. The molecule has 0 bridgehead atoms. The Bertz CT molecular complexity index is 954. The van der Waals surface area contributed by atoms with Crippen molar-refractivity contribution in [2.75, 3.05) is 31.8 Å². The summed E-state index contributed by atoms with van der Waals surface area (Å²) in [7, 11) is -2.22. The van der Waals surface area contributed by atoms with Crippen molar-refractivity contribution in [1.82, 2.24) is 9.29 Å². The molecule has 0 aliphatic carbocycles. The highest BCUT2D eigenvalue weighted by Crippen LogP contribution is 2.27. The number of hydrogen-bond donors (Lipinski definition) is 1. The third kappa shape index (κ3) is 5.09. The van der Waals surface area contributed by atoms with Gasteiger partial charge in [-0.25, -0.2) is 13.4 Å². The smallest absolute Gasteiger partial charge is 0.259 e. The first-order valence-electron chi connectivity index (χ1n) is 9.45. The van der Waals surface area contributed by atoms with Crippen LogP contribution in [0.1, 0.15) is 36.0 Å². The van der Waals surface area contributed by atoms with Crippen molar-refractivity contribution in [2.45, 2.75) is 35.6 Å². The summed E-state index contributed by atoms with van der Waals surface area (Å²) in [5.74, 6) is -0.139. The van der Waals surface area contributed by atoms with Gasteiger partial charge in [0, 0.05) is 13.1 Å². The summed E-state index contributed by atoms with van der Waals surface area (Å²) in [6.07, 6.45) is 7.25. The van der Waals surface area contributed by atoms with Crippen LogP contribution in [0.25, 0.3) is 0 Å². The molecule has 0 spiro atoms. The molecule has 1 N–H and O–H groups in total. The minimum Gasteiger partial charge on any atom is -0.496 e. The minimum absolute atomic E-state index is 0.0983. The van der Waals surface area contributed by atoms with Crippen molar-refractivity contribution >= 4 is 33.4 Å². The van der Waals surface area contributed by atoms with E-state index < -0.39 is 15.9 Å². The van der Waals surface area contributed by atoms with Crippen molar-refractivity contribution in [3.8, 4) is 5.75 Å². The lowest BCUT2D eigenvalue weighted by Gasteiger charge is -2.20. The quantitative estimate of drug-likeness (QED) is 0.697. The van der Waals surface area contributed by atoms with Crippen LogP contribution in [0, 0.1) is 0 Å². The molecular weight excluding hydrogens is 410 g/mol. The Morgan fingerprint density at radius 1 is 1.14 bits per heavy atom. The van der Waals surface area contributed by atoms with E-state index in [0.717, 1.165) is 30.7 Å². The van der Waals surface area contributed by atoms with Gasteiger partial charge in [0.2, 0.25) is 10.0 Å². The first-order valence-corrected chi connectivity index (χ1v) is 12.1. The van der Waals surface area contributed by atoms with E-state index in [1.165, 1.54) is 41.4 Å². The van der Waals surface area contributed by atoms with Crippen LogP contribution in [-0.2, 0) is 10.0 Å². The number of pyridine rings is 1. The number of benzene rings is 1. The monoisotopic (exact) mass is 435 g/mol. The van der Waals surface area contributed by atoms with Gasteiger partial charge >= 0.3 is 0 Å². The van der Waals surface area contributed by atoms with Crippen molar-refractivity contribution < 1.29 is 17.9 Å². The van der Waals surface area contributed by atoms with Crippen LogP contribution < -0.4 is 10.1 Å². The maximum Gasteiger partial charge on any atom is 0.259 e. The molecule has 1 aliphatic rings. The molecule has 1 saturated heterocycles. The second-order valence-corrected chi connectivity index (χ2v) is 9.49. The molecule has 1 amide bonds. The zero-order valence-electron chi connectivity index (χ0n) is 16.6. The molecule has 1 aromatic carbocycles. The summed E-state index contributed by atoms with van der Waals surface area (Å²) >= 11 is 1.50. The van der Waals surface area contributed by atoms with Crippen molar-refractivity contribution in [2.24, 2.45) is 0 Å². The maximum absolute atomic E-state index is 13.1. The van der Waals surface area contributed by atoms with Crippen LogP contribution in [0.2, 0.25) is 0 Å². The molecule has 2 aromatic rings. The molecule has 1 aromatic heterocycles. The standard InChI is InChI=1S/C20H25N3O4S2/c1-27-18-9-8-16(29(25,26)23-11-5-3-4-6-12-23)13-17(18)20(24)22-15-7-10-19(28-2)21-14-15/h7-10,13-14H,3-6,11-12H2,1-2H3,(H,22,24). The fraction of sp³-hybridized carbons (Fsp3) is 0.400. The zero-order chi connectivity index (χ0) is 20.9. The summed E-state index contributed by atoms with van der Waals surface area (Å²) in [6, 6.07) is 7.95. The fourth-order valence-corrected chi connectivity index (χ4v) is 5.14. The predicted octanol–water partition coefficient (Wildman–Crippen LogP) is 3.63. The lowest BCUT2D eigenvalue weighted by molar-refractivity contribution is 0.102. The number of nitrogens with one attached hydrogen (secondary N) is 1. The zero-order valence-corrected chi connectivity index (χ0v) is 18.2. The molecule has 0 unspecified atom stereocenters. The van der Waals surface area contributed by atoms with E-state index in [9.17, 15) is 13.2 Å². The van der Waals surface area contributed by atoms with Gasteiger partial charge in [-0.05, 0) is 49.4 Å². The average molecular weight is 436 g/mol. The number of aromatic nitrogens is 1. The number of anilines is 1. The van der Waals surface area contributed by atoms with Crippen LogP contribution in [0.3, 0.4) is 0 Å². The first-order chi connectivity index (χ1) is 14.0. The first kappa shape index (κ1) is 21.6. The number of carbonyl (C=O) groups excluding carboxylic acids is 1. The van der Waals surface area contributed by atoms with E-state index in [0.29, 0.717) is 24.5 Å². The number of hydrogen-bond acceptors (Lipinski definition) is 6. The molecule has 3 rings (SSSR count). The second kappa shape index (κ2) is 9.60. The number of sulfonamides is 1.